The summed E-state index contributed by atoms with van der Waals surface area (Å²) in [4.78, 5) is 24.9. The van der Waals surface area contributed by atoms with E-state index in [2.05, 4.69) is 15.0 Å². The number of rotatable bonds is 3. The summed E-state index contributed by atoms with van der Waals surface area (Å²) < 4.78 is 1.99. The third-order valence-corrected chi connectivity index (χ3v) is 4.53. The van der Waals surface area contributed by atoms with Crippen LogP contribution in [0, 0.1) is 6.92 Å². The molecular weight excluding hydrogens is 336 g/mol. The molecule has 0 N–H and O–H groups in total. The molecule has 0 amide bonds. The SMILES string of the molecule is CCC(=O)c1cc(C)c(-c2cc3cnc(Cl)cc3n3ccnc23)cn1. The molecule has 0 atom stereocenters. The predicted molar refractivity (Wildman–Crippen MR) is 98.1 cm³/mol. The van der Waals surface area contributed by atoms with Gasteiger partial charge in [0.1, 0.15) is 16.5 Å². The highest BCUT2D eigenvalue weighted by atomic mass is 35.5. The largest absolute Gasteiger partial charge is 0.299 e. The average Bonchev–Trinajstić information content (AvgIpc) is 3.11. The number of pyridine rings is 3. The van der Waals surface area contributed by atoms with Crippen LogP contribution in [0.2, 0.25) is 5.15 Å². The molecule has 0 aliphatic heterocycles. The predicted octanol–water partition coefficient (Wildman–Crippen LogP) is 4.50. The second-order valence-electron chi connectivity index (χ2n) is 5.91. The quantitative estimate of drug-likeness (QED) is 0.403. The van der Waals surface area contributed by atoms with Gasteiger partial charge in [0.15, 0.2) is 5.78 Å². The molecule has 124 valence electrons. The fourth-order valence-electron chi connectivity index (χ4n) is 3.04. The molecule has 5 nitrogen and oxygen atoms in total. The van der Waals surface area contributed by atoms with Crippen LogP contribution in [0.5, 0.6) is 0 Å². The number of Topliss-reactive ketones (excluding diaryl/α,β-unsaturated/α-hetero) is 1. The molecule has 0 radical (unpaired) electrons. The fraction of sp³-hybridized carbons (Fsp3) is 0.158. The molecule has 0 unspecified atom stereocenters. The van der Waals surface area contributed by atoms with Crippen LogP contribution >= 0.6 is 11.6 Å². The van der Waals surface area contributed by atoms with Gasteiger partial charge in [0, 0.05) is 53.8 Å². The summed E-state index contributed by atoms with van der Waals surface area (Å²) in [5.74, 6) is 0.0398. The second kappa shape index (κ2) is 5.93. The molecule has 4 aromatic rings. The van der Waals surface area contributed by atoms with Crippen LogP contribution in [-0.2, 0) is 0 Å². The number of fused-ring (bicyclic) bond motifs is 3. The van der Waals surface area contributed by atoms with Crippen LogP contribution in [0.4, 0.5) is 0 Å². The first-order chi connectivity index (χ1) is 12.1. The number of carbonyl (C=O) groups is 1. The van der Waals surface area contributed by atoms with E-state index in [1.807, 2.05) is 42.6 Å². The lowest BCUT2D eigenvalue weighted by atomic mass is 10.0. The second-order valence-corrected chi connectivity index (χ2v) is 6.29. The molecule has 0 bridgehead atoms. The third-order valence-electron chi connectivity index (χ3n) is 4.33. The van der Waals surface area contributed by atoms with E-state index in [1.54, 1.807) is 18.6 Å². The Morgan fingerprint density at radius 1 is 1.12 bits per heavy atom. The number of hydrogen-bond acceptors (Lipinski definition) is 4. The molecule has 4 rings (SSSR count). The molecule has 0 aliphatic carbocycles. The van der Waals surface area contributed by atoms with Crippen LogP contribution < -0.4 is 0 Å². The van der Waals surface area contributed by atoms with Gasteiger partial charge in [-0.25, -0.2) is 9.97 Å². The highest BCUT2D eigenvalue weighted by Crippen LogP contribution is 2.31. The molecule has 0 fully saturated rings. The number of aromatic nitrogens is 4. The van der Waals surface area contributed by atoms with Crippen molar-refractivity contribution in [2.75, 3.05) is 0 Å². The first-order valence-corrected chi connectivity index (χ1v) is 8.38. The highest BCUT2D eigenvalue weighted by Gasteiger charge is 2.14. The zero-order valence-electron chi connectivity index (χ0n) is 13.8. The minimum Gasteiger partial charge on any atom is -0.299 e. The minimum absolute atomic E-state index is 0.0398. The van der Waals surface area contributed by atoms with Crippen molar-refractivity contribution in [1.29, 1.82) is 0 Å². The molecule has 0 saturated carbocycles. The number of carbonyl (C=O) groups excluding carboxylic acids is 1. The van der Waals surface area contributed by atoms with Crippen molar-refractivity contribution < 1.29 is 4.79 Å². The van der Waals surface area contributed by atoms with E-state index in [1.165, 1.54) is 0 Å². The maximum atomic E-state index is 11.9. The lowest BCUT2D eigenvalue weighted by Gasteiger charge is -2.11. The highest BCUT2D eigenvalue weighted by molar-refractivity contribution is 6.30. The van der Waals surface area contributed by atoms with Gasteiger partial charge in [0.25, 0.3) is 0 Å². The van der Waals surface area contributed by atoms with E-state index < -0.39 is 0 Å². The van der Waals surface area contributed by atoms with E-state index in [4.69, 9.17) is 11.6 Å². The summed E-state index contributed by atoms with van der Waals surface area (Å²) in [6, 6.07) is 5.70. The van der Waals surface area contributed by atoms with Gasteiger partial charge < -0.3 is 0 Å². The van der Waals surface area contributed by atoms with Gasteiger partial charge >= 0.3 is 0 Å². The summed E-state index contributed by atoms with van der Waals surface area (Å²) >= 11 is 6.04. The molecule has 4 heterocycles. The Hall–Kier alpha value is -2.79. The average molecular weight is 351 g/mol. The van der Waals surface area contributed by atoms with Crippen LogP contribution in [0.3, 0.4) is 0 Å². The number of aryl methyl sites for hydroxylation is 1. The van der Waals surface area contributed by atoms with Crippen molar-refractivity contribution in [3.63, 3.8) is 0 Å². The summed E-state index contributed by atoms with van der Waals surface area (Å²) in [5, 5.41) is 1.40. The van der Waals surface area contributed by atoms with Gasteiger partial charge in [-0.1, -0.05) is 18.5 Å². The molecule has 0 aliphatic rings. The van der Waals surface area contributed by atoms with Gasteiger partial charge in [0.2, 0.25) is 0 Å². The first kappa shape index (κ1) is 15.7. The van der Waals surface area contributed by atoms with E-state index in [9.17, 15) is 4.79 Å². The normalized spacial score (nSPS) is 11.3. The van der Waals surface area contributed by atoms with Gasteiger partial charge in [-0.05, 0) is 24.6 Å². The van der Waals surface area contributed by atoms with E-state index in [0.29, 0.717) is 17.3 Å². The van der Waals surface area contributed by atoms with Gasteiger partial charge in [-0.15, -0.1) is 0 Å². The Morgan fingerprint density at radius 2 is 1.96 bits per heavy atom. The van der Waals surface area contributed by atoms with Crippen LogP contribution in [0.1, 0.15) is 29.4 Å². The zero-order valence-corrected chi connectivity index (χ0v) is 14.6. The van der Waals surface area contributed by atoms with Gasteiger partial charge in [0.05, 0.1) is 5.52 Å². The number of halogens is 1. The Labute approximate surface area is 149 Å². The maximum Gasteiger partial charge on any atom is 0.180 e. The number of ketones is 1. The lowest BCUT2D eigenvalue weighted by molar-refractivity contribution is 0.0983. The van der Waals surface area contributed by atoms with Crippen molar-refractivity contribution >= 4 is 33.9 Å². The van der Waals surface area contributed by atoms with Gasteiger partial charge in [-0.3, -0.25) is 14.2 Å². The standard InChI is InChI=1S/C19H15ClN4O/c1-3-17(25)15-6-11(2)14(10-22-15)13-7-12-9-23-18(20)8-16(12)24-5-4-21-19(13)24/h4-10H,3H2,1-2H3. The van der Waals surface area contributed by atoms with Crippen molar-refractivity contribution in [1.82, 2.24) is 19.4 Å². The van der Waals surface area contributed by atoms with Crippen molar-refractivity contribution in [2.45, 2.75) is 20.3 Å². The van der Waals surface area contributed by atoms with Crippen molar-refractivity contribution in [3.05, 3.63) is 59.4 Å². The fourth-order valence-corrected chi connectivity index (χ4v) is 3.19. The van der Waals surface area contributed by atoms with Crippen LogP contribution in [-0.4, -0.2) is 25.1 Å². The van der Waals surface area contributed by atoms with Crippen molar-refractivity contribution in [2.24, 2.45) is 0 Å². The topological polar surface area (TPSA) is 60.2 Å². The summed E-state index contributed by atoms with van der Waals surface area (Å²) in [7, 11) is 0. The first-order valence-electron chi connectivity index (χ1n) is 8.00. The van der Waals surface area contributed by atoms with Crippen molar-refractivity contribution in [3.8, 4) is 11.1 Å². The molecule has 4 aromatic heterocycles. The summed E-state index contributed by atoms with van der Waals surface area (Å²) in [6.07, 6.45) is 7.59. The molecule has 0 saturated heterocycles. The Morgan fingerprint density at radius 3 is 2.72 bits per heavy atom. The molecular formula is C19H15ClN4O. The Kier molecular flexibility index (Phi) is 3.73. The van der Waals surface area contributed by atoms with E-state index in [0.717, 1.165) is 33.2 Å². The summed E-state index contributed by atoms with van der Waals surface area (Å²) in [5.41, 5.74) is 5.13. The van der Waals surface area contributed by atoms with Gasteiger partial charge in [-0.2, -0.15) is 0 Å². The summed E-state index contributed by atoms with van der Waals surface area (Å²) in [6.45, 7) is 3.82. The van der Waals surface area contributed by atoms with E-state index in [-0.39, 0.29) is 5.78 Å². The monoisotopic (exact) mass is 350 g/mol. The zero-order chi connectivity index (χ0) is 17.6. The maximum absolute atomic E-state index is 11.9. The lowest BCUT2D eigenvalue weighted by Crippen LogP contribution is -2.02. The van der Waals surface area contributed by atoms with E-state index >= 15 is 0 Å². The minimum atomic E-state index is 0.0398. The Bertz CT molecular complexity index is 1130. The molecule has 6 heteroatoms. The smallest absolute Gasteiger partial charge is 0.180 e. The Balaban J connectivity index is 1.99. The van der Waals surface area contributed by atoms with Crippen LogP contribution in [0.25, 0.3) is 27.7 Å². The molecule has 0 spiro atoms. The third kappa shape index (κ3) is 2.57. The molecule has 0 aromatic carbocycles. The molecule has 25 heavy (non-hydrogen) atoms. The van der Waals surface area contributed by atoms with Crippen LogP contribution in [0.15, 0.2) is 43.0 Å². The number of imidazole rings is 1. The number of hydrogen-bond donors (Lipinski definition) is 0. The number of nitrogens with zero attached hydrogens (tertiary/aromatic N) is 4.